The molecule has 2 aromatic rings. The van der Waals surface area contributed by atoms with Crippen molar-refractivity contribution in [2.24, 2.45) is 0 Å². The maximum absolute atomic E-state index is 5.99. The Kier molecular flexibility index (Phi) is 3.36. The van der Waals surface area contributed by atoms with E-state index in [4.69, 9.17) is 28.9 Å². The van der Waals surface area contributed by atoms with Gasteiger partial charge >= 0.3 is 0 Å². The molecular formula is C11H10Cl2N4. The summed E-state index contributed by atoms with van der Waals surface area (Å²) in [6.45, 7) is 1.94. The van der Waals surface area contributed by atoms with Gasteiger partial charge in [0.05, 0.1) is 0 Å². The average Bonchev–Trinajstić information content (AvgIpc) is 2.28. The van der Waals surface area contributed by atoms with Crippen molar-refractivity contribution >= 4 is 40.5 Å². The normalized spacial score (nSPS) is 10.3. The number of rotatable bonds is 2. The standard InChI is InChI=1S/C11H10Cl2N4/c1-6-4-7(12)2-3-8(6)17-11-9(13)10(14)15-5-16-11/h2-5H,1H3,(H3,14,15,16,17). The Morgan fingerprint density at radius 2 is 2.00 bits per heavy atom. The van der Waals surface area contributed by atoms with Crippen LogP contribution in [0.1, 0.15) is 5.56 Å². The van der Waals surface area contributed by atoms with Gasteiger partial charge in [0.15, 0.2) is 5.82 Å². The molecule has 0 amide bonds. The van der Waals surface area contributed by atoms with E-state index < -0.39 is 0 Å². The molecule has 0 fully saturated rings. The summed E-state index contributed by atoms with van der Waals surface area (Å²) >= 11 is 11.9. The highest BCUT2D eigenvalue weighted by molar-refractivity contribution is 6.35. The van der Waals surface area contributed by atoms with Crippen molar-refractivity contribution < 1.29 is 0 Å². The fourth-order valence-electron chi connectivity index (χ4n) is 1.37. The van der Waals surface area contributed by atoms with Gasteiger partial charge in [-0.05, 0) is 30.7 Å². The van der Waals surface area contributed by atoms with Crippen LogP contribution < -0.4 is 11.1 Å². The summed E-state index contributed by atoms with van der Waals surface area (Å²) in [4.78, 5) is 7.82. The van der Waals surface area contributed by atoms with E-state index >= 15 is 0 Å². The van der Waals surface area contributed by atoms with Crippen LogP contribution in [0.3, 0.4) is 0 Å². The van der Waals surface area contributed by atoms with Gasteiger partial charge in [-0.2, -0.15) is 0 Å². The van der Waals surface area contributed by atoms with Gasteiger partial charge in [0.1, 0.15) is 17.2 Å². The summed E-state index contributed by atoms with van der Waals surface area (Å²) < 4.78 is 0. The summed E-state index contributed by atoms with van der Waals surface area (Å²) in [6, 6.07) is 5.49. The predicted octanol–water partition coefficient (Wildman–Crippen LogP) is 3.42. The topological polar surface area (TPSA) is 63.8 Å². The quantitative estimate of drug-likeness (QED) is 0.876. The third-order valence-corrected chi connectivity index (χ3v) is 2.87. The molecule has 88 valence electrons. The molecule has 0 aliphatic heterocycles. The fraction of sp³-hybridized carbons (Fsp3) is 0.0909. The zero-order valence-electron chi connectivity index (χ0n) is 9.04. The maximum atomic E-state index is 5.99. The Balaban J connectivity index is 2.35. The minimum Gasteiger partial charge on any atom is -0.382 e. The van der Waals surface area contributed by atoms with Gasteiger partial charge in [0.25, 0.3) is 0 Å². The first-order valence-corrected chi connectivity index (χ1v) is 5.62. The van der Waals surface area contributed by atoms with Gasteiger partial charge < -0.3 is 11.1 Å². The Hall–Kier alpha value is -1.52. The predicted molar refractivity (Wildman–Crippen MR) is 70.9 cm³/mol. The molecule has 0 spiro atoms. The van der Waals surface area contributed by atoms with Crippen molar-refractivity contribution in [1.29, 1.82) is 0 Å². The second-order valence-corrected chi connectivity index (χ2v) is 4.32. The number of nitrogens with two attached hydrogens (primary N) is 1. The number of hydrogen-bond donors (Lipinski definition) is 2. The van der Waals surface area contributed by atoms with Crippen LogP contribution in [0.15, 0.2) is 24.5 Å². The molecule has 0 saturated carbocycles. The molecule has 0 bridgehead atoms. The SMILES string of the molecule is Cc1cc(Cl)ccc1Nc1ncnc(N)c1Cl. The van der Waals surface area contributed by atoms with Crippen LogP contribution in [0.4, 0.5) is 17.3 Å². The third kappa shape index (κ3) is 2.60. The first-order valence-electron chi connectivity index (χ1n) is 4.87. The number of nitrogens with one attached hydrogen (secondary N) is 1. The van der Waals surface area contributed by atoms with Gasteiger partial charge in [-0.1, -0.05) is 23.2 Å². The van der Waals surface area contributed by atoms with Crippen molar-refractivity contribution in [3.8, 4) is 0 Å². The first kappa shape index (κ1) is 12.0. The number of anilines is 3. The zero-order valence-corrected chi connectivity index (χ0v) is 10.5. The molecule has 0 unspecified atom stereocenters. The van der Waals surface area contributed by atoms with E-state index in [1.165, 1.54) is 6.33 Å². The molecule has 0 aliphatic rings. The molecule has 0 aliphatic carbocycles. The second-order valence-electron chi connectivity index (χ2n) is 3.51. The van der Waals surface area contributed by atoms with Crippen LogP contribution in [0.5, 0.6) is 0 Å². The van der Waals surface area contributed by atoms with Gasteiger partial charge in [0, 0.05) is 10.7 Å². The number of aromatic nitrogens is 2. The van der Waals surface area contributed by atoms with E-state index in [0.717, 1.165) is 11.3 Å². The molecular weight excluding hydrogens is 259 g/mol. The van der Waals surface area contributed by atoms with Crippen LogP contribution in [0.2, 0.25) is 10.0 Å². The monoisotopic (exact) mass is 268 g/mol. The van der Waals surface area contributed by atoms with Crippen molar-refractivity contribution in [2.45, 2.75) is 6.92 Å². The van der Waals surface area contributed by atoms with Gasteiger partial charge in [-0.25, -0.2) is 9.97 Å². The van der Waals surface area contributed by atoms with Crippen LogP contribution in [0, 0.1) is 6.92 Å². The first-order chi connectivity index (χ1) is 8.08. The van der Waals surface area contributed by atoms with E-state index in [1.807, 2.05) is 19.1 Å². The minimum atomic E-state index is 0.246. The molecule has 1 aromatic heterocycles. The maximum Gasteiger partial charge on any atom is 0.154 e. The van der Waals surface area contributed by atoms with E-state index in [9.17, 15) is 0 Å². The average molecular weight is 269 g/mol. The van der Waals surface area contributed by atoms with Crippen molar-refractivity contribution in [2.75, 3.05) is 11.1 Å². The molecule has 1 aromatic carbocycles. The fourth-order valence-corrected chi connectivity index (χ4v) is 1.74. The Bertz CT molecular complexity index is 557. The van der Waals surface area contributed by atoms with Crippen molar-refractivity contribution in [3.05, 3.63) is 40.1 Å². The number of hydrogen-bond acceptors (Lipinski definition) is 4. The molecule has 1 heterocycles. The van der Waals surface area contributed by atoms with Gasteiger partial charge in [-0.15, -0.1) is 0 Å². The largest absolute Gasteiger partial charge is 0.382 e. The lowest BCUT2D eigenvalue weighted by molar-refractivity contribution is 1.17. The number of halogens is 2. The van der Waals surface area contributed by atoms with Gasteiger partial charge in [0.2, 0.25) is 0 Å². The molecule has 17 heavy (non-hydrogen) atoms. The lowest BCUT2D eigenvalue weighted by Crippen LogP contribution is -2.00. The minimum absolute atomic E-state index is 0.246. The number of nitrogen functional groups attached to an aromatic ring is 1. The highest BCUT2D eigenvalue weighted by Crippen LogP contribution is 2.28. The van der Waals surface area contributed by atoms with Crippen LogP contribution >= 0.6 is 23.2 Å². The summed E-state index contributed by atoms with van der Waals surface area (Å²) in [5, 5.41) is 4.08. The molecule has 0 saturated heterocycles. The van der Waals surface area contributed by atoms with E-state index in [0.29, 0.717) is 15.9 Å². The molecule has 0 radical (unpaired) electrons. The Morgan fingerprint density at radius 1 is 1.24 bits per heavy atom. The van der Waals surface area contributed by atoms with Crippen LogP contribution in [-0.2, 0) is 0 Å². The summed E-state index contributed by atoms with van der Waals surface area (Å²) in [5.74, 6) is 0.723. The highest BCUT2D eigenvalue weighted by atomic mass is 35.5. The lowest BCUT2D eigenvalue weighted by atomic mass is 10.2. The lowest BCUT2D eigenvalue weighted by Gasteiger charge is -2.10. The van der Waals surface area contributed by atoms with Gasteiger partial charge in [-0.3, -0.25) is 0 Å². The van der Waals surface area contributed by atoms with Crippen LogP contribution in [0.25, 0.3) is 0 Å². The summed E-state index contributed by atoms with van der Waals surface area (Å²) in [6.07, 6.45) is 1.36. The summed E-state index contributed by atoms with van der Waals surface area (Å²) in [7, 11) is 0. The molecule has 3 N–H and O–H groups in total. The number of aryl methyl sites for hydroxylation is 1. The van der Waals surface area contributed by atoms with E-state index in [1.54, 1.807) is 6.07 Å². The van der Waals surface area contributed by atoms with Crippen molar-refractivity contribution in [3.63, 3.8) is 0 Å². The zero-order chi connectivity index (χ0) is 12.4. The summed E-state index contributed by atoms with van der Waals surface area (Å²) in [5.41, 5.74) is 7.45. The smallest absolute Gasteiger partial charge is 0.154 e. The highest BCUT2D eigenvalue weighted by Gasteiger charge is 2.07. The second kappa shape index (κ2) is 4.77. The molecule has 6 heteroatoms. The molecule has 4 nitrogen and oxygen atoms in total. The number of benzene rings is 1. The Morgan fingerprint density at radius 3 is 2.71 bits per heavy atom. The molecule has 0 atom stereocenters. The number of nitrogens with zero attached hydrogens (tertiary/aromatic N) is 2. The third-order valence-electron chi connectivity index (χ3n) is 2.26. The van der Waals surface area contributed by atoms with E-state index in [-0.39, 0.29) is 5.82 Å². The Labute approximate surface area is 109 Å². The van der Waals surface area contributed by atoms with E-state index in [2.05, 4.69) is 15.3 Å². The van der Waals surface area contributed by atoms with Crippen LogP contribution in [-0.4, -0.2) is 9.97 Å². The van der Waals surface area contributed by atoms with Crippen molar-refractivity contribution in [1.82, 2.24) is 9.97 Å². The molecule has 2 rings (SSSR count).